The molecule has 0 saturated heterocycles. The molecule has 0 bridgehead atoms. The molecule has 1 heterocycles. The number of aromatic nitrogens is 3. The molecule has 0 spiro atoms. The van der Waals surface area contributed by atoms with Crippen molar-refractivity contribution in [3.05, 3.63) is 11.4 Å². The van der Waals surface area contributed by atoms with E-state index in [1.165, 1.54) is 4.68 Å². The minimum absolute atomic E-state index is 0.0110. The van der Waals surface area contributed by atoms with Gasteiger partial charge in [-0.25, -0.2) is 9.48 Å². The molecule has 0 aliphatic carbocycles. The quantitative estimate of drug-likeness (QED) is 0.804. The maximum absolute atomic E-state index is 11.1. The van der Waals surface area contributed by atoms with Crippen LogP contribution in [0.2, 0.25) is 0 Å². The van der Waals surface area contributed by atoms with E-state index in [2.05, 4.69) is 24.2 Å². The van der Waals surface area contributed by atoms with Crippen LogP contribution in [0.1, 0.15) is 56.3 Å². The van der Waals surface area contributed by atoms with Gasteiger partial charge in [0.05, 0.1) is 17.8 Å². The molecule has 18 heavy (non-hydrogen) atoms. The molecule has 6 nitrogen and oxygen atoms in total. The summed E-state index contributed by atoms with van der Waals surface area (Å²) in [5.74, 6) is -0.602. The average molecular weight is 255 g/mol. The van der Waals surface area contributed by atoms with Crippen molar-refractivity contribution in [2.75, 3.05) is 0 Å². The highest BCUT2D eigenvalue weighted by Gasteiger charge is 2.23. The van der Waals surface area contributed by atoms with E-state index in [-0.39, 0.29) is 11.7 Å². The van der Waals surface area contributed by atoms with Gasteiger partial charge in [0, 0.05) is 0 Å². The number of carbonyl (C=O) groups is 1. The van der Waals surface area contributed by atoms with Crippen molar-refractivity contribution >= 4 is 5.97 Å². The van der Waals surface area contributed by atoms with E-state index in [0.717, 1.165) is 6.42 Å². The number of carboxylic acid groups (broad SMARTS) is 1. The van der Waals surface area contributed by atoms with Crippen molar-refractivity contribution in [1.82, 2.24) is 15.0 Å². The molecular formula is C12H21N3O3. The third kappa shape index (κ3) is 3.29. The number of aliphatic hydroxyl groups is 1. The molecule has 0 amide bonds. The average Bonchev–Trinajstić information content (AvgIpc) is 2.68. The standard InChI is InChI=1S/C12H21N3O3/c1-7(2)5-6-10-11(12(17)18)13-14-15(10)8(3)9(4)16/h7-9,16H,5-6H2,1-4H3,(H,17,18). The van der Waals surface area contributed by atoms with Crippen LogP contribution in [0.25, 0.3) is 0 Å². The summed E-state index contributed by atoms with van der Waals surface area (Å²) in [6, 6.07) is -0.284. The second-order valence-electron chi connectivity index (χ2n) is 5.05. The molecular weight excluding hydrogens is 234 g/mol. The van der Waals surface area contributed by atoms with Gasteiger partial charge in [0.15, 0.2) is 5.69 Å². The maximum atomic E-state index is 11.1. The second kappa shape index (κ2) is 5.95. The lowest BCUT2D eigenvalue weighted by atomic mass is 10.0. The number of aromatic carboxylic acids is 1. The summed E-state index contributed by atoms with van der Waals surface area (Å²) < 4.78 is 1.52. The molecule has 2 atom stereocenters. The Bertz CT molecular complexity index is 413. The van der Waals surface area contributed by atoms with Crippen LogP contribution in [0.5, 0.6) is 0 Å². The van der Waals surface area contributed by atoms with Crippen LogP contribution in [-0.2, 0) is 6.42 Å². The lowest BCUT2D eigenvalue weighted by molar-refractivity contribution is 0.0688. The Kier molecular flexibility index (Phi) is 4.84. The summed E-state index contributed by atoms with van der Waals surface area (Å²) in [5, 5.41) is 26.2. The number of hydrogen-bond donors (Lipinski definition) is 2. The largest absolute Gasteiger partial charge is 0.476 e. The highest BCUT2D eigenvalue weighted by molar-refractivity contribution is 5.86. The molecule has 102 valence electrons. The lowest BCUT2D eigenvalue weighted by Gasteiger charge is -2.17. The number of aliphatic hydroxyl groups excluding tert-OH is 1. The van der Waals surface area contributed by atoms with Crippen LogP contribution in [0.15, 0.2) is 0 Å². The maximum Gasteiger partial charge on any atom is 0.358 e. The van der Waals surface area contributed by atoms with E-state index >= 15 is 0 Å². The zero-order chi connectivity index (χ0) is 13.9. The van der Waals surface area contributed by atoms with Gasteiger partial charge >= 0.3 is 5.97 Å². The topological polar surface area (TPSA) is 88.2 Å². The summed E-state index contributed by atoms with van der Waals surface area (Å²) in [4.78, 5) is 11.1. The van der Waals surface area contributed by atoms with Gasteiger partial charge in [-0.05, 0) is 32.6 Å². The van der Waals surface area contributed by atoms with Crippen molar-refractivity contribution < 1.29 is 15.0 Å². The zero-order valence-electron chi connectivity index (χ0n) is 11.3. The highest BCUT2D eigenvalue weighted by atomic mass is 16.4. The molecule has 0 fully saturated rings. The fourth-order valence-corrected chi connectivity index (χ4v) is 1.67. The van der Waals surface area contributed by atoms with E-state index in [1.807, 2.05) is 0 Å². The molecule has 6 heteroatoms. The van der Waals surface area contributed by atoms with Gasteiger partial charge < -0.3 is 10.2 Å². The van der Waals surface area contributed by atoms with Crippen LogP contribution in [0, 0.1) is 5.92 Å². The number of hydrogen-bond acceptors (Lipinski definition) is 4. The van der Waals surface area contributed by atoms with Crippen LogP contribution in [0.3, 0.4) is 0 Å². The summed E-state index contributed by atoms with van der Waals surface area (Å²) in [6.07, 6.45) is 0.856. The summed E-state index contributed by atoms with van der Waals surface area (Å²) in [5.41, 5.74) is 0.577. The Balaban J connectivity index is 3.06. The fraction of sp³-hybridized carbons (Fsp3) is 0.750. The predicted octanol–water partition coefficient (Wildman–Crippen LogP) is 1.51. The first kappa shape index (κ1) is 14.6. The van der Waals surface area contributed by atoms with E-state index in [0.29, 0.717) is 18.0 Å². The van der Waals surface area contributed by atoms with Crippen molar-refractivity contribution in [3.8, 4) is 0 Å². The van der Waals surface area contributed by atoms with Gasteiger partial charge in [0.1, 0.15) is 0 Å². The minimum Gasteiger partial charge on any atom is -0.476 e. The normalized spacial score (nSPS) is 14.8. The molecule has 0 aliphatic rings. The number of rotatable bonds is 6. The Morgan fingerprint density at radius 2 is 1.94 bits per heavy atom. The second-order valence-corrected chi connectivity index (χ2v) is 5.05. The van der Waals surface area contributed by atoms with Crippen molar-refractivity contribution in [2.24, 2.45) is 5.92 Å². The van der Waals surface area contributed by atoms with Gasteiger partial charge in [-0.1, -0.05) is 19.1 Å². The van der Waals surface area contributed by atoms with Gasteiger partial charge in [-0.3, -0.25) is 0 Å². The lowest BCUT2D eigenvalue weighted by Crippen LogP contribution is -2.22. The van der Waals surface area contributed by atoms with E-state index < -0.39 is 12.1 Å². The number of nitrogens with zero attached hydrogens (tertiary/aromatic N) is 3. The molecule has 0 aromatic carbocycles. The third-order valence-corrected chi connectivity index (χ3v) is 3.04. The summed E-state index contributed by atoms with van der Waals surface area (Å²) >= 11 is 0. The molecule has 2 unspecified atom stereocenters. The van der Waals surface area contributed by atoms with Crippen LogP contribution in [0.4, 0.5) is 0 Å². The van der Waals surface area contributed by atoms with E-state index in [9.17, 15) is 9.90 Å². The molecule has 0 aliphatic heterocycles. The first-order chi connectivity index (χ1) is 8.34. The van der Waals surface area contributed by atoms with Crippen molar-refractivity contribution in [1.29, 1.82) is 0 Å². The van der Waals surface area contributed by atoms with Crippen LogP contribution < -0.4 is 0 Å². The SMILES string of the molecule is CC(C)CCc1c(C(=O)O)nnn1C(C)C(C)O. The highest BCUT2D eigenvalue weighted by Crippen LogP contribution is 2.18. The first-order valence-electron chi connectivity index (χ1n) is 6.20. The summed E-state index contributed by atoms with van der Waals surface area (Å²) in [6.45, 7) is 7.60. The van der Waals surface area contributed by atoms with E-state index in [1.54, 1.807) is 13.8 Å². The Morgan fingerprint density at radius 3 is 2.39 bits per heavy atom. The molecule has 0 radical (unpaired) electrons. The Morgan fingerprint density at radius 1 is 1.33 bits per heavy atom. The molecule has 1 aromatic heterocycles. The van der Waals surface area contributed by atoms with Crippen LogP contribution in [-0.4, -0.2) is 37.3 Å². The molecule has 1 rings (SSSR count). The van der Waals surface area contributed by atoms with Crippen molar-refractivity contribution in [2.45, 2.75) is 52.7 Å². The number of carboxylic acids is 1. The minimum atomic E-state index is -1.07. The van der Waals surface area contributed by atoms with E-state index in [4.69, 9.17) is 5.11 Å². The zero-order valence-corrected chi connectivity index (χ0v) is 11.3. The Hall–Kier alpha value is -1.43. The molecule has 1 aromatic rings. The van der Waals surface area contributed by atoms with Gasteiger partial charge in [-0.2, -0.15) is 0 Å². The Labute approximate surface area is 107 Å². The van der Waals surface area contributed by atoms with Gasteiger partial charge in [0.2, 0.25) is 0 Å². The predicted molar refractivity (Wildman–Crippen MR) is 66.5 cm³/mol. The summed E-state index contributed by atoms with van der Waals surface area (Å²) in [7, 11) is 0. The van der Waals surface area contributed by atoms with Gasteiger partial charge in [0.25, 0.3) is 0 Å². The smallest absolute Gasteiger partial charge is 0.358 e. The van der Waals surface area contributed by atoms with Crippen LogP contribution >= 0.6 is 0 Å². The fourth-order valence-electron chi connectivity index (χ4n) is 1.67. The molecule has 2 N–H and O–H groups in total. The third-order valence-electron chi connectivity index (χ3n) is 3.04. The molecule has 0 saturated carbocycles. The first-order valence-corrected chi connectivity index (χ1v) is 6.20. The van der Waals surface area contributed by atoms with Crippen molar-refractivity contribution in [3.63, 3.8) is 0 Å². The monoisotopic (exact) mass is 255 g/mol. The van der Waals surface area contributed by atoms with Gasteiger partial charge in [-0.15, -0.1) is 5.10 Å².